The summed E-state index contributed by atoms with van der Waals surface area (Å²) in [6.45, 7) is 0.392. The number of hydrogen-bond acceptors (Lipinski definition) is 5. The maximum Gasteiger partial charge on any atom is 0.418 e. The zero-order valence-electron chi connectivity index (χ0n) is 19.9. The largest absolute Gasteiger partial charge is 0.418 e. The number of para-hydroxylation sites is 1. The summed E-state index contributed by atoms with van der Waals surface area (Å²) in [5.74, 6) is -1.00. The number of carbonyl (C=O) groups is 2. The van der Waals surface area contributed by atoms with Gasteiger partial charge in [-0.1, -0.05) is 24.3 Å². The van der Waals surface area contributed by atoms with E-state index in [4.69, 9.17) is 4.74 Å². The van der Waals surface area contributed by atoms with Crippen molar-refractivity contribution in [1.29, 1.82) is 0 Å². The van der Waals surface area contributed by atoms with Crippen molar-refractivity contribution in [3.8, 4) is 0 Å². The molecule has 0 unspecified atom stereocenters. The molecule has 1 aromatic heterocycles. The molecular formula is C26H25F3N4O4. The maximum absolute atomic E-state index is 13.2. The number of ether oxygens (including phenoxy) is 1. The molecule has 3 N–H and O–H groups in total. The first-order valence-corrected chi connectivity index (χ1v) is 11.4. The minimum atomic E-state index is -4.49. The average molecular weight is 515 g/mol. The third-order valence-electron chi connectivity index (χ3n) is 6.09. The number of pyridine rings is 1. The molecule has 1 atom stereocenters. The predicted octanol–water partition coefficient (Wildman–Crippen LogP) is 3.35. The Bertz CT molecular complexity index is 1350. The van der Waals surface area contributed by atoms with Crippen molar-refractivity contribution in [3.05, 3.63) is 93.9 Å². The normalized spacial score (nSPS) is 17.3. The summed E-state index contributed by atoms with van der Waals surface area (Å²) in [5, 5.41) is 8.28. The molecule has 0 radical (unpaired) electrons. The van der Waals surface area contributed by atoms with Gasteiger partial charge in [-0.2, -0.15) is 13.2 Å². The molecule has 0 saturated carbocycles. The van der Waals surface area contributed by atoms with E-state index < -0.39 is 29.1 Å². The highest BCUT2D eigenvalue weighted by Crippen LogP contribution is 2.35. The highest BCUT2D eigenvalue weighted by molar-refractivity contribution is 5.99. The number of alkyl halides is 3. The summed E-state index contributed by atoms with van der Waals surface area (Å²) in [6.07, 6.45) is -2.76. The van der Waals surface area contributed by atoms with Gasteiger partial charge in [0.05, 0.1) is 17.9 Å². The van der Waals surface area contributed by atoms with Crippen molar-refractivity contribution in [2.24, 2.45) is 7.05 Å². The van der Waals surface area contributed by atoms with E-state index in [1.807, 2.05) is 0 Å². The van der Waals surface area contributed by atoms with Gasteiger partial charge in [0, 0.05) is 50.1 Å². The zero-order chi connectivity index (χ0) is 26.6. The number of aromatic nitrogens is 1. The lowest BCUT2D eigenvalue weighted by Crippen LogP contribution is -2.59. The molecule has 2 amide bonds. The fourth-order valence-electron chi connectivity index (χ4n) is 3.93. The van der Waals surface area contributed by atoms with Gasteiger partial charge in [-0.3, -0.25) is 14.4 Å². The van der Waals surface area contributed by atoms with Crippen molar-refractivity contribution in [2.45, 2.75) is 24.7 Å². The van der Waals surface area contributed by atoms with E-state index >= 15 is 0 Å². The second-order valence-electron chi connectivity index (χ2n) is 8.75. The third-order valence-corrected chi connectivity index (χ3v) is 6.09. The Kier molecular flexibility index (Phi) is 7.35. The van der Waals surface area contributed by atoms with Crippen molar-refractivity contribution >= 4 is 23.2 Å². The highest BCUT2D eigenvalue weighted by Gasteiger charge is 2.43. The Balaban J connectivity index is 1.40. The Morgan fingerprint density at radius 3 is 2.46 bits per heavy atom. The number of rotatable bonds is 7. The number of aryl methyl sites for hydroxylation is 1. The molecular weight excluding hydrogens is 489 g/mol. The van der Waals surface area contributed by atoms with Gasteiger partial charge in [0.1, 0.15) is 5.54 Å². The lowest BCUT2D eigenvalue weighted by molar-refractivity contribution is -0.137. The van der Waals surface area contributed by atoms with Crippen LogP contribution in [0.4, 0.5) is 24.5 Å². The number of amides is 2. The number of hydrogen-bond donors (Lipinski definition) is 3. The zero-order valence-corrected chi connectivity index (χ0v) is 19.9. The van der Waals surface area contributed by atoms with Crippen LogP contribution in [0.1, 0.15) is 27.9 Å². The van der Waals surface area contributed by atoms with Crippen LogP contribution in [0.3, 0.4) is 0 Å². The lowest BCUT2D eigenvalue weighted by Gasteiger charge is -2.27. The molecule has 3 aromatic rings. The smallest absolute Gasteiger partial charge is 0.378 e. The summed E-state index contributed by atoms with van der Waals surface area (Å²) in [7, 11) is 1.56. The monoisotopic (exact) mass is 514 g/mol. The van der Waals surface area contributed by atoms with E-state index in [0.29, 0.717) is 11.3 Å². The first-order valence-electron chi connectivity index (χ1n) is 11.4. The van der Waals surface area contributed by atoms with Gasteiger partial charge < -0.3 is 25.3 Å². The lowest BCUT2D eigenvalue weighted by atomic mass is 9.96. The molecule has 1 aliphatic heterocycles. The van der Waals surface area contributed by atoms with Crippen LogP contribution in [0.2, 0.25) is 0 Å². The Morgan fingerprint density at radius 2 is 1.81 bits per heavy atom. The number of benzene rings is 2. The molecule has 37 heavy (non-hydrogen) atoms. The molecule has 4 rings (SSSR count). The van der Waals surface area contributed by atoms with Crippen LogP contribution in [-0.2, 0) is 29.3 Å². The molecule has 2 aromatic carbocycles. The third kappa shape index (κ3) is 6.00. The van der Waals surface area contributed by atoms with Gasteiger partial charge in [-0.05, 0) is 35.9 Å². The van der Waals surface area contributed by atoms with Gasteiger partial charge in [-0.15, -0.1) is 0 Å². The van der Waals surface area contributed by atoms with Crippen molar-refractivity contribution < 1.29 is 27.5 Å². The minimum absolute atomic E-state index is 0.0170. The fraction of sp³-hybridized carbons (Fsp3) is 0.269. The average Bonchev–Trinajstić information content (AvgIpc) is 3.34. The molecule has 1 saturated heterocycles. The molecule has 194 valence electrons. The van der Waals surface area contributed by atoms with E-state index in [-0.39, 0.29) is 43.0 Å². The standard InChI is InChI=1S/C26H25F3N4O4/c1-33-12-10-18(14-22(33)34)23(35)32-25(11-13-37-16-25)24(36)30-15-17-6-8-19(9-7-17)31-21-5-3-2-4-20(21)26(27,28)29/h2-10,12,14,31H,11,13,15-16H2,1H3,(H,30,36)(H,32,35)/t25-/m0/s1. The second kappa shape index (κ2) is 10.5. The van der Waals surface area contributed by atoms with Crippen molar-refractivity contribution in [2.75, 3.05) is 18.5 Å². The summed E-state index contributed by atoms with van der Waals surface area (Å²) in [6, 6.07) is 14.4. The van der Waals surface area contributed by atoms with Crippen LogP contribution >= 0.6 is 0 Å². The van der Waals surface area contributed by atoms with Crippen LogP contribution in [-0.4, -0.2) is 35.1 Å². The number of carbonyl (C=O) groups excluding carboxylic acids is 2. The molecule has 0 spiro atoms. The number of nitrogens with one attached hydrogen (secondary N) is 3. The number of nitrogens with zero attached hydrogens (tertiary/aromatic N) is 1. The van der Waals surface area contributed by atoms with E-state index in [0.717, 1.165) is 6.07 Å². The molecule has 0 aliphatic carbocycles. The van der Waals surface area contributed by atoms with Gasteiger partial charge in [0.25, 0.3) is 11.5 Å². The summed E-state index contributed by atoms with van der Waals surface area (Å²) >= 11 is 0. The molecule has 11 heteroatoms. The first kappa shape index (κ1) is 26.0. The van der Waals surface area contributed by atoms with Crippen molar-refractivity contribution in [3.63, 3.8) is 0 Å². The van der Waals surface area contributed by atoms with E-state index in [1.54, 1.807) is 31.3 Å². The summed E-state index contributed by atoms with van der Waals surface area (Å²) < 4.78 is 46.4. The number of halogens is 3. The van der Waals surface area contributed by atoms with Crippen LogP contribution in [0.5, 0.6) is 0 Å². The van der Waals surface area contributed by atoms with Crippen LogP contribution in [0.25, 0.3) is 0 Å². The van der Waals surface area contributed by atoms with E-state index in [2.05, 4.69) is 16.0 Å². The van der Waals surface area contributed by atoms with Crippen LogP contribution < -0.4 is 21.5 Å². The van der Waals surface area contributed by atoms with Crippen LogP contribution in [0.15, 0.2) is 71.7 Å². The maximum atomic E-state index is 13.2. The molecule has 8 nitrogen and oxygen atoms in total. The Labute approximate surface area is 210 Å². The Morgan fingerprint density at radius 1 is 1.08 bits per heavy atom. The minimum Gasteiger partial charge on any atom is -0.378 e. The van der Waals surface area contributed by atoms with Gasteiger partial charge in [0.2, 0.25) is 5.91 Å². The Hall–Kier alpha value is -4.12. The van der Waals surface area contributed by atoms with Gasteiger partial charge in [-0.25, -0.2) is 0 Å². The molecule has 2 heterocycles. The predicted molar refractivity (Wildman–Crippen MR) is 130 cm³/mol. The second-order valence-corrected chi connectivity index (χ2v) is 8.75. The van der Waals surface area contributed by atoms with E-state index in [1.165, 1.54) is 41.1 Å². The van der Waals surface area contributed by atoms with Gasteiger partial charge in [0.15, 0.2) is 0 Å². The SMILES string of the molecule is Cn1ccc(C(=O)N[C@@]2(C(=O)NCc3ccc(Nc4ccccc4C(F)(F)F)cc3)CCOC2)cc1=O. The van der Waals surface area contributed by atoms with Crippen LogP contribution in [0, 0.1) is 0 Å². The van der Waals surface area contributed by atoms with E-state index in [9.17, 15) is 27.6 Å². The summed E-state index contributed by atoms with van der Waals surface area (Å²) in [5.41, 5.74) is -1.18. The molecule has 1 fully saturated rings. The highest BCUT2D eigenvalue weighted by atomic mass is 19.4. The molecule has 1 aliphatic rings. The fourth-order valence-corrected chi connectivity index (χ4v) is 3.93. The summed E-state index contributed by atoms with van der Waals surface area (Å²) in [4.78, 5) is 37.7. The molecule has 0 bridgehead atoms. The topological polar surface area (TPSA) is 101 Å². The number of anilines is 2. The first-order chi connectivity index (χ1) is 17.6. The quantitative estimate of drug-likeness (QED) is 0.449. The van der Waals surface area contributed by atoms with Crippen molar-refractivity contribution in [1.82, 2.24) is 15.2 Å². The van der Waals surface area contributed by atoms with Gasteiger partial charge >= 0.3 is 6.18 Å².